The molecule has 1 N–H and O–H groups in total. The zero-order valence-electron chi connectivity index (χ0n) is 10.5. The van der Waals surface area contributed by atoms with E-state index < -0.39 is 23.7 Å². The zero-order valence-corrected chi connectivity index (χ0v) is 11.3. The van der Waals surface area contributed by atoms with Crippen molar-refractivity contribution in [1.29, 1.82) is 0 Å². The van der Waals surface area contributed by atoms with Crippen LogP contribution in [0.5, 0.6) is 0 Å². The third-order valence-electron chi connectivity index (χ3n) is 2.87. The van der Waals surface area contributed by atoms with E-state index in [9.17, 15) is 22.7 Å². The summed E-state index contributed by atoms with van der Waals surface area (Å²) in [6.07, 6.45) is -4.84. The topological polar surface area (TPSA) is 33.1 Å². The minimum absolute atomic E-state index is 0.0678. The molecule has 1 heterocycles. The number of aromatic nitrogens is 1. The van der Waals surface area contributed by atoms with Crippen LogP contribution >= 0.6 is 11.6 Å². The van der Waals surface area contributed by atoms with E-state index in [1.807, 2.05) is 0 Å². The summed E-state index contributed by atoms with van der Waals surface area (Å²) in [6, 6.07) is 5.91. The van der Waals surface area contributed by atoms with Gasteiger partial charge >= 0.3 is 6.18 Å². The number of halogens is 5. The van der Waals surface area contributed by atoms with Crippen molar-refractivity contribution in [2.45, 2.75) is 18.7 Å². The van der Waals surface area contributed by atoms with E-state index in [1.54, 1.807) is 0 Å². The standard InChI is InChI=1S/C14H10ClF4NO/c15-10-5-8(1-3-11(10)16)6-13(21)12-4-2-9(7-20-12)14(17,18)19/h1-5,7,13,21H,6H2. The van der Waals surface area contributed by atoms with Crippen molar-refractivity contribution < 1.29 is 22.7 Å². The summed E-state index contributed by atoms with van der Waals surface area (Å²) >= 11 is 5.62. The Labute approximate surface area is 123 Å². The molecule has 21 heavy (non-hydrogen) atoms. The van der Waals surface area contributed by atoms with Crippen LogP contribution in [0.4, 0.5) is 17.6 Å². The first-order valence-electron chi connectivity index (χ1n) is 5.92. The molecule has 0 saturated heterocycles. The molecule has 1 unspecified atom stereocenters. The second-order valence-corrected chi connectivity index (χ2v) is 4.85. The van der Waals surface area contributed by atoms with E-state index in [0.29, 0.717) is 11.8 Å². The van der Waals surface area contributed by atoms with Crippen LogP contribution in [0.2, 0.25) is 5.02 Å². The fourth-order valence-electron chi connectivity index (χ4n) is 1.76. The summed E-state index contributed by atoms with van der Waals surface area (Å²) in [6.45, 7) is 0. The monoisotopic (exact) mass is 319 g/mol. The Kier molecular flexibility index (Phi) is 4.49. The third-order valence-corrected chi connectivity index (χ3v) is 3.16. The van der Waals surface area contributed by atoms with E-state index in [-0.39, 0.29) is 17.1 Å². The number of rotatable bonds is 3. The van der Waals surface area contributed by atoms with Gasteiger partial charge in [-0.05, 0) is 29.8 Å². The van der Waals surface area contributed by atoms with E-state index in [4.69, 9.17) is 11.6 Å². The number of alkyl halides is 3. The number of benzene rings is 1. The van der Waals surface area contributed by atoms with Crippen molar-refractivity contribution in [2.24, 2.45) is 0 Å². The van der Waals surface area contributed by atoms with E-state index in [0.717, 1.165) is 18.2 Å². The van der Waals surface area contributed by atoms with Gasteiger partial charge in [-0.2, -0.15) is 13.2 Å². The van der Waals surface area contributed by atoms with Gasteiger partial charge in [-0.25, -0.2) is 4.39 Å². The summed E-state index contributed by atoms with van der Waals surface area (Å²) in [5.41, 5.74) is -0.234. The highest BCUT2D eigenvalue weighted by Gasteiger charge is 2.30. The molecular weight excluding hydrogens is 310 g/mol. The summed E-state index contributed by atoms with van der Waals surface area (Å²) in [5.74, 6) is -0.581. The van der Waals surface area contributed by atoms with Crippen molar-refractivity contribution in [1.82, 2.24) is 4.98 Å². The van der Waals surface area contributed by atoms with Crippen LogP contribution in [-0.4, -0.2) is 10.1 Å². The molecule has 1 aromatic heterocycles. The number of aliphatic hydroxyl groups is 1. The van der Waals surface area contributed by atoms with Gasteiger partial charge in [-0.15, -0.1) is 0 Å². The predicted molar refractivity (Wildman–Crippen MR) is 69.3 cm³/mol. The Morgan fingerprint density at radius 3 is 2.43 bits per heavy atom. The maximum absolute atomic E-state index is 13.0. The van der Waals surface area contributed by atoms with Crippen molar-refractivity contribution in [2.75, 3.05) is 0 Å². The largest absolute Gasteiger partial charge is 0.417 e. The van der Waals surface area contributed by atoms with Crippen molar-refractivity contribution in [3.05, 3.63) is 64.2 Å². The van der Waals surface area contributed by atoms with E-state index in [2.05, 4.69) is 4.98 Å². The van der Waals surface area contributed by atoms with Gasteiger partial charge in [0.2, 0.25) is 0 Å². The molecule has 0 radical (unpaired) electrons. The minimum atomic E-state index is -4.47. The summed E-state index contributed by atoms with van der Waals surface area (Å²) < 4.78 is 50.2. The third kappa shape index (κ3) is 3.92. The van der Waals surface area contributed by atoms with Crippen LogP contribution in [0.1, 0.15) is 22.9 Å². The second kappa shape index (κ2) is 5.99. The number of nitrogens with zero attached hydrogens (tertiary/aromatic N) is 1. The molecule has 0 aliphatic carbocycles. The normalized spacial score (nSPS) is 13.2. The molecule has 0 fully saturated rings. The molecule has 0 aliphatic heterocycles. The highest BCUT2D eigenvalue weighted by Crippen LogP contribution is 2.29. The molecule has 0 bridgehead atoms. The lowest BCUT2D eigenvalue weighted by molar-refractivity contribution is -0.137. The zero-order chi connectivity index (χ0) is 15.6. The van der Waals surface area contributed by atoms with Crippen LogP contribution in [-0.2, 0) is 12.6 Å². The lowest BCUT2D eigenvalue weighted by atomic mass is 10.0. The fourth-order valence-corrected chi connectivity index (χ4v) is 1.97. The Morgan fingerprint density at radius 1 is 1.19 bits per heavy atom. The molecule has 0 aliphatic rings. The Balaban J connectivity index is 2.13. The van der Waals surface area contributed by atoms with Crippen LogP contribution in [0.25, 0.3) is 0 Å². The average Bonchev–Trinajstić information content (AvgIpc) is 2.42. The number of hydrogen-bond donors (Lipinski definition) is 1. The average molecular weight is 320 g/mol. The maximum atomic E-state index is 13.0. The molecule has 2 aromatic rings. The molecule has 1 aromatic carbocycles. The van der Waals surface area contributed by atoms with E-state index in [1.165, 1.54) is 12.1 Å². The number of pyridine rings is 1. The minimum Gasteiger partial charge on any atom is -0.386 e. The van der Waals surface area contributed by atoms with Gasteiger partial charge in [0, 0.05) is 12.6 Å². The molecular formula is C14H10ClF4NO. The molecule has 7 heteroatoms. The lowest BCUT2D eigenvalue weighted by Crippen LogP contribution is -2.08. The highest BCUT2D eigenvalue weighted by atomic mass is 35.5. The molecule has 2 nitrogen and oxygen atoms in total. The highest BCUT2D eigenvalue weighted by molar-refractivity contribution is 6.30. The molecule has 112 valence electrons. The van der Waals surface area contributed by atoms with Crippen molar-refractivity contribution in [3.8, 4) is 0 Å². The van der Waals surface area contributed by atoms with Crippen molar-refractivity contribution >= 4 is 11.6 Å². The Hall–Kier alpha value is -1.66. The maximum Gasteiger partial charge on any atom is 0.417 e. The smallest absolute Gasteiger partial charge is 0.386 e. The van der Waals surface area contributed by atoms with Gasteiger partial charge in [0.1, 0.15) is 5.82 Å². The van der Waals surface area contributed by atoms with Crippen LogP contribution in [0, 0.1) is 5.82 Å². The van der Waals surface area contributed by atoms with E-state index >= 15 is 0 Å². The predicted octanol–water partition coefficient (Wildman–Crippen LogP) is 4.17. The first-order valence-corrected chi connectivity index (χ1v) is 6.30. The summed E-state index contributed by atoms with van der Waals surface area (Å²) in [4.78, 5) is 3.60. The first kappa shape index (κ1) is 15.7. The van der Waals surface area contributed by atoms with Crippen LogP contribution in [0.3, 0.4) is 0 Å². The van der Waals surface area contributed by atoms with Gasteiger partial charge in [0.15, 0.2) is 0 Å². The number of aliphatic hydroxyl groups excluding tert-OH is 1. The molecule has 0 saturated carbocycles. The van der Waals surface area contributed by atoms with Gasteiger partial charge in [-0.3, -0.25) is 4.98 Å². The number of hydrogen-bond acceptors (Lipinski definition) is 2. The van der Waals surface area contributed by atoms with Gasteiger partial charge in [0.25, 0.3) is 0 Å². The lowest BCUT2D eigenvalue weighted by Gasteiger charge is -2.12. The molecule has 0 amide bonds. The van der Waals surface area contributed by atoms with Crippen LogP contribution < -0.4 is 0 Å². The van der Waals surface area contributed by atoms with Gasteiger partial charge in [-0.1, -0.05) is 17.7 Å². The Morgan fingerprint density at radius 2 is 1.90 bits per heavy atom. The first-order chi connectivity index (χ1) is 9.77. The van der Waals surface area contributed by atoms with Crippen LogP contribution in [0.15, 0.2) is 36.5 Å². The second-order valence-electron chi connectivity index (χ2n) is 4.44. The SMILES string of the molecule is OC(Cc1ccc(F)c(Cl)c1)c1ccc(C(F)(F)F)cn1. The van der Waals surface area contributed by atoms with Crippen molar-refractivity contribution in [3.63, 3.8) is 0 Å². The van der Waals surface area contributed by atoms with Gasteiger partial charge < -0.3 is 5.11 Å². The summed E-state index contributed by atoms with van der Waals surface area (Å²) in [5, 5.41) is 9.86. The fraction of sp³-hybridized carbons (Fsp3) is 0.214. The molecule has 0 spiro atoms. The quantitative estimate of drug-likeness (QED) is 0.861. The molecule has 1 atom stereocenters. The summed E-state index contributed by atoms with van der Waals surface area (Å²) in [7, 11) is 0. The Bertz CT molecular complexity index is 628. The molecule has 2 rings (SSSR count). The van der Waals surface area contributed by atoms with Gasteiger partial charge in [0.05, 0.1) is 22.4 Å².